The zero-order chi connectivity index (χ0) is 26.7. The fourth-order valence-electron chi connectivity index (χ4n) is 6.42. The first-order valence-corrected chi connectivity index (χ1v) is 19.2. The van der Waals surface area contributed by atoms with Crippen LogP contribution in [0.15, 0.2) is 0 Å². The molecule has 0 spiro atoms. The Labute approximate surface area is 243 Å². The van der Waals surface area contributed by atoms with E-state index >= 15 is 0 Å². The summed E-state index contributed by atoms with van der Waals surface area (Å²) in [5.41, 5.74) is -0.202. The van der Waals surface area contributed by atoms with Crippen molar-refractivity contribution in [2.45, 2.75) is 88.3 Å². The van der Waals surface area contributed by atoms with E-state index in [1.807, 2.05) is 47.0 Å². The van der Waals surface area contributed by atoms with E-state index in [1.165, 1.54) is 38.5 Å². The van der Waals surface area contributed by atoms with Gasteiger partial charge in [-0.25, -0.2) is 0 Å². The lowest BCUT2D eigenvalue weighted by Gasteiger charge is -2.54. The van der Waals surface area contributed by atoms with Crippen LogP contribution in [0.5, 0.6) is 0 Å². The molecule has 220 valence electrons. The summed E-state index contributed by atoms with van der Waals surface area (Å²) in [6, 6.07) is 0. The highest BCUT2D eigenvalue weighted by Crippen LogP contribution is 2.51. The lowest BCUT2D eigenvalue weighted by atomic mass is 9.68. The number of ether oxygens (including phenoxy) is 1. The van der Waals surface area contributed by atoms with Crippen LogP contribution < -0.4 is 0 Å². The zero-order valence-corrected chi connectivity index (χ0v) is 26.2. The molecule has 0 saturated heterocycles. The molecule has 2 aliphatic rings. The molecule has 2 fully saturated rings. The highest BCUT2D eigenvalue weighted by Gasteiger charge is 2.50. The van der Waals surface area contributed by atoms with Gasteiger partial charge < -0.3 is 25.2 Å². The van der Waals surface area contributed by atoms with E-state index in [1.54, 1.807) is 0 Å². The van der Waals surface area contributed by atoms with Crippen molar-refractivity contribution in [1.82, 2.24) is 0 Å². The molecule has 0 amide bonds. The van der Waals surface area contributed by atoms with Gasteiger partial charge in [-0.1, -0.05) is 25.7 Å². The van der Waals surface area contributed by atoms with E-state index < -0.39 is 0 Å². The van der Waals surface area contributed by atoms with Crippen LogP contribution in [0, 0.1) is 11.8 Å². The van der Waals surface area contributed by atoms with Crippen molar-refractivity contribution in [1.29, 1.82) is 0 Å². The average molecular weight is 599 g/mol. The summed E-state index contributed by atoms with van der Waals surface area (Å²) in [6.07, 6.45) is 14.2. The molecule has 0 aliphatic heterocycles. The van der Waals surface area contributed by atoms with Crippen LogP contribution in [-0.2, 0) is 4.74 Å². The molecule has 37 heavy (non-hydrogen) atoms. The molecular formula is C28H54O5S4. The largest absolute Gasteiger partial charge is 0.396 e. The highest BCUT2D eigenvalue weighted by molar-refractivity contribution is 7.99. The number of rotatable bonds is 22. The number of hydrogen-bond acceptors (Lipinski definition) is 9. The van der Waals surface area contributed by atoms with Gasteiger partial charge >= 0.3 is 0 Å². The first-order valence-electron chi connectivity index (χ1n) is 14.6. The third-order valence-electron chi connectivity index (χ3n) is 8.20. The van der Waals surface area contributed by atoms with Gasteiger partial charge in [0.05, 0.1) is 37.6 Å². The van der Waals surface area contributed by atoms with Crippen LogP contribution in [0.2, 0.25) is 0 Å². The van der Waals surface area contributed by atoms with E-state index in [9.17, 15) is 20.4 Å². The summed E-state index contributed by atoms with van der Waals surface area (Å²) < 4.78 is 7.74. The van der Waals surface area contributed by atoms with Crippen LogP contribution in [-0.4, -0.2) is 104 Å². The number of thioether (sulfide) groups is 4. The van der Waals surface area contributed by atoms with Crippen molar-refractivity contribution in [2.75, 3.05) is 72.5 Å². The Hall–Kier alpha value is 1.20. The molecule has 0 aromatic rings. The molecule has 4 unspecified atom stereocenters. The Balaban J connectivity index is 2.28. The van der Waals surface area contributed by atoms with Gasteiger partial charge in [0.15, 0.2) is 0 Å². The summed E-state index contributed by atoms with van der Waals surface area (Å²) in [6.45, 7) is 0.970. The Bertz CT molecular complexity index is 515. The third-order valence-corrected chi connectivity index (χ3v) is 12.1. The molecule has 2 aliphatic carbocycles. The molecule has 4 atom stereocenters. The van der Waals surface area contributed by atoms with Gasteiger partial charge in [0.25, 0.3) is 0 Å². The number of aliphatic hydroxyl groups excluding tert-OH is 4. The molecule has 0 heterocycles. The average Bonchev–Trinajstić information content (AvgIpc) is 2.91. The normalized spacial score (nSPS) is 28.5. The van der Waals surface area contributed by atoms with E-state index in [2.05, 4.69) is 0 Å². The lowest BCUT2D eigenvalue weighted by Crippen LogP contribution is -2.55. The fourth-order valence-corrected chi connectivity index (χ4v) is 9.64. The maximum absolute atomic E-state index is 9.37. The topological polar surface area (TPSA) is 90.2 Å². The minimum absolute atomic E-state index is 0.101. The SMILES string of the molecule is OCCSCCC1CCCCC1(CCSCCO)OC1(CCSCCO)CCCCC1CCSCCO. The monoisotopic (exact) mass is 598 g/mol. The van der Waals surface area contributed by atoms with E-state index in [0.29, 0.717) is 11.8 Å². The molecule has 0 aromatic carbocycles. The van der Waals surface area contributed by atoms with Crippen molar-refractivity contribution in [3.8, 4) is 0 Å². The molecular weight excluding hydrogens is 545 g/mol. The van der Waals surface area contributed by atoms with Crippen molar-refractivity contribution in [3.05, 3.63) is 0 Å². The van der Waals surface area contributed by atoms with Crippen molar-refractivity contribution < 1.29 is 25.2 Å². The summed E-state index contributed by atoms with van der Waals surface area (Å²) in [5, 5.41) is 37.3. The lowest BCUT2D eigenvalue weighted by molar-refractivity contribution is -0.229. The Morgan fingerprint density at radius 1 is 0.514 bits per heavy atom. The predicted octanol–water partition coefficient (Wildman–Crippen LogP) is 5.32. The smallest absolute Gasteiger partial charge is 0.0726 e. The van der Waals surface area contributed by atoms with E-state index in [4.69, 9.17) is 4.74 Å². The second-order valence-corrected chi connectivity index (χ2v) is 15.4. The van der Waals surface area contributed by atoms with Crippen LogP contribution >= 0.6 is 47.0 Å². The molecule has 4 N–H and O–H groups in total. The minimum atomic E-state index is -0.101. The predicted molar refractivity (Wildman–Crippen MR) is 167 cm³/mol. The fraction of sp³-hybridized carbons (Fsp3) is 1.00. The van der Waals surface area contributed by atoms with Crippen molar-refractivity contribution in [3.63, 3.8) is 0 Å². The first kappa shape index (κ1) is 34.4. The molecule has 2 rings (SSSR count). The zero-order valence-electron chi connectivity index (χ0n) is 23.0. The number of aliphatic hydroxyl groups is 4. The summed E-state index contributed by atoms with van der Waals surface area (Å²) in [7, 11) is 0. The molecule has 0 radical (unpaired) electrons. The van der Waals surface area contributed by atoms with Gasteiger partial charge in [-0.3, -0.25) is 0 Å². The van der Waals surface area contributed by atoms with E-state index in [-0.39, 0.29) is 37.6 Å². The van der Waals surface area contributed by atoms with Crippen LogP contribution in [0.25, 0.3) is 0 Å². The van der Waals surface area contributed by atoms with E-state index in [0.717, 1.165) is 84.5 Å². The van der Waals surface area contributed by atoms with Gasteiger partial charge in [-0.05, 0) is 86.2 Å². The summed E-state index contributed by atoms with van der Waals surface area (Å²) >= 11 is 7.45. The molecule has 5 nitrogen and oxygen atoms in total. The van der Waals surface area contributed by atoms with Gasteiger partial charge in [0, 0.05) is 23.0 Å². The van der Waals surface area contributed by atoms with Crippen molar-refractivity contribution in [2.24, 2.45) is 11.8 Å². The first-order chi connectivity index (χ1) is 18.2. The highest BCUT2D eigenvalue weighted by atomic mass is 32.2. The summed E-state index contributed by atoms with van der Waals surface area (Å²) in [4.78, 5) is 0. The van der Waals surface area contributed by atoms with Crippen LogP contribution in [0.4, 0.5) is 0 Å². The Kier molecular flexibility index (Phi) is 19.5. The standard InChI is InChI=1S/C28H54O5S4/c29-13-21-34-17-7-25-5-1-3-9-27(25,11-19-36-23-15-31)33-28(12-20-37-24-16-32)10-4-2-6-26(28)8-18-35-22-14-30/h25-26,29-32H,1-24H2. The second kappa shape index (κ2) is 21.0. The molecule has 2 saturated carbocycles. The van der Waals surface area contributed by atoms with Crippen LogP contribution in [0.3, 0.4) is 0 Å². The van der Waals surface area contributed by atoms with Crippen LogP contribution in [0.1, 0.15) is 77.0 Å². The number of hydrogen-bond donors (Lipinski definition) is 4. The molecule has 0 bridgehead atoms. The quantitative estimate of drug-likeness (QED) is 0.124. The van der Waals surface area contributed by atoms with Gasteiger partial charge in [0.2, 0.25) is 0 Å². The third kappa shape index (κ3) is 12.3. The second-order valence-electron chi connectivity index (χ2n) is 10.5. The maximum atomic E-state index is 9.37. The summed E-state index contributed by atoms with van der Waals surface area (Å²) in [5.74, 6) is 8.55. The van der Waals surface area contributed by atoms with Gasteiger partial charge in [0.1, 0.15) is 0 Å². The van der Waals surface area contributed by atoms with Gasteiger partial charge in [-0.2, -0.15) is 47.0 Å². The van der Waals surface area contributed by atoms with Gasteiger partial charge in [-0.15, -0.1) is 0 Å². The molecule has 9 heteroatoms. The Morgan fingerprint density at radius 2 is 0.892 bits per heavy atom. The van der Waals surface area contributed by atoms with Crippen molar-refractivity contribution >= 4 is 47.0 Å². The minimum Gasteiger partial charge on any atom is -0.396 e. The molecule has 0 aromatic heterocycles. The maximum Gasteiger partial charge on any atom is 0.0726 e. The Morgan fingerprint density at radius 3 is 1.27 bits per heavy atom.